The molecule has 0 spiro atoms. The van der Waals surface area contributed by atoms with E-state index in [1.165, 1.54) is 0 Å². The van der Waals surface area contributed by atoms with E-state index in [2.05, 4.69) is 6.92 Å². The first-order valence-electron chi connectivity index (χ1n) is 5.33. The lowest BCUT2D eigenvalue weighted by molar-refractivity contribution is 0.199. The zero-order chi connectivity index (χ0) is 12.0. The number of hydrogen-bond donors (Lipinski definition) is 1. The average Bonchev–Trinajstić information content (AvgIpc) is 2.26. The molecule has 0 saturated heterocycles. The fraction of sp³-hybridized carbons (Fsp3) is 0.500. The van der Waals surface area contributed by atoms with Crippen molar-refractivity contribution in [2.45, 2.75) is 20.0 Å². The van der Waals surface area contributed by atoms with Crippen molar-refractivity contribution in [3.63, 3.8) is 0 Å². The minimum Gasteiger partial charge on any atom is -0.491 e. The summed E-state index contributed by atoms with van der Waals surface area (Å²) in [6.45, 7) is 4.49. The molecule has 0 aliphatic heterocycles. The van der Waals surface area contributed by atoms with Gasteiger partial charge in [0, 0.05) is 5.75 Å². The number of hydrogen-bond acceptors (Lipinski definition) is 3. The number of aliphatic hydroxyl groups excluding tert-OH is 1. The predicted octanol–water partition coefficient (Wildman–Crippen LogP) is 3.53. The molecule has 1 N–H and O–H groups in total. The Bertz CT molecular complexity index is 329. The second-order valence-corrected chi connectivity index (χ2v) is 5.21. The Hall–Kier alpha value is -0.380. The maximum absolute atomic E-state index is 9.38. The minimum atomic E-state index is -0.498. The maximum atomic E-state index is 9.38. The SMILES string of the molecule is CCSCCOc1ccc(C(C)O)cc1Cl. The molecule has 0 fully saturated rings. The van der Waals surface area contributed by atoms with E-state index in [1.54, 1.807) is 19.1 Å². The van der Waals surface area contributed by atoms with E-state index in [1.807, 2.05) is 17.8 Å². The topological polar surface area (TPSA) is 29.5 Å². The van der Waals surface area contributed by atoms with Crippen LogP contribution in [0, 0.1) is 0 Å². The molecule has 16 heavy (non-hydrogen) atoms. The van der Waals surface area contributed by atoms with Gasteiger partial charge in [-0.1, -0.05) is 24.6 Å². The summed E-state index contributed by atoms with van der Waals surface area (Å²) in [7, 11) is 0. The smallest absolute Gasteiger partial charge is 0.137 e. The molecular weight excluding hydrogens is 244 g/mol. The number of aliphatic hydroxyl groups is 1. The molecule has 90 valence electrons. The van der Waals surface area contributed by atoms with Crippen LogP contribution in [0.25, 0.3) is 0 Å². The van der Waals surface area contributed by atoms with Crippen LogP contribution in [0.3, 0.4) is 0 Å². The lowest BCUT2D eigenvalue weighted by Gasteiger charge is -2.10. The molecule has 1 unspecified atom stereocenters. The fourth-order valence-corrected chi connectivity index (χ4v) is 1.98. The minimum absolute atomic E-state index is 0.498. The van der Waals surface area contributed by atoms with Crippen molar-refractivity contribution in [2.24, 2.45) is 0 Å². The zero-order valence-corrected chi connectivity index (χ0v) is 11.1. The number of halogens is 1. The van der Waals surface area contributed by atoms with Gasteiger partial charge in [0.15, 0.2) is 0 Å². The Kier molecular flexibility index (Phi) is 6.03. The zero-order valence-electron chi connectivity index (χ0n) is 9.57. The van der Waals surface area contributed by atoms with Gasteiger partial charge in [-0.25, -0.2) is 0 Å². The van der Waals surface area contributed by atoms with Gasteiger partial charge in [0.25, 0.3) is 0 Å². The van der Waals surface area contributed by atoms with E-state index < -0.39 is 6.10 Å². The molecule has 0 aromatic heterocycles. The first-order valence-corrected chi connectivity index (χ1v) is 6.86. The van der Waals surface area contributed by atoms with Crippen molar-refractivity contribution in [1.82, 2.24) is 0 Å². The highest BCUT2D eigenvalue weighted by atomic mass is 35.5. The number of benzene rings is 1. The summed E-state index contributed by atoms with van der Waals surface area (Å²) in [5, 5.41) is 9.94. The third-order valence-corrected chi connectivity index (χ3v) is 3.29. The van der Waals surface area contributed by atoms with Crippen LogP contribution in [0.15, 0.2) is 18.2 Å². The van der Waals surface area contributed by atoms with Gasteiger partial charge in [0.05, 0.1) is 17.7 Å². The van der Waals surface area contributed by atoms with Crippen molar-refractivity contribution in [3.05, 3.63) is 28.8 Å². The Labute approximate surface area is 106 Å². The Balaban J connectivity index is 2.54. The highest BCUT2D eigenvalue weighted by Crippen LogP contribution is 2.27. The van der Waals surface area contributed by atoms with E-state index in [0.29, 0.717) is 17.4 Å². The van der Waals surface area contributed by atoms with Gasteiger partial charge >= 0.3 is 0 Å². The molecule has 0 bridgehead atoms. The average molecular weight is 261 g/mol. The van der Waals surface area contributed by atoms with Gasteiger partial charge in [0.2, 0.25) is 0 Å². The quantitative estimate of drug-likeness (QED) is 0.794. The van der Waals surface area contributed by atoms with Crippen molar-refractivity contribution >= 4 is 23.4 Å². The maximum Gasteiger partial charge on any atom is 0.137 e. The highest BCUT2D eigenvalue weighted by Gasteiger charge is 2.06. The van der Waals surface area contributed by atoms with Crippen molar-refractivity contribution < 1.29 is 9.84 Å². The number of rotatable bonds is 6. The van der Waals surface area contributed by atoms with Crippen LogP contribution in [0.1, 0.15) is 25.5 Å². The summed E-state index contributed by atoms with van der Waals surface area (Å²) in [5.74, 6) is 2.74. The third-order valence-electron chi connectivity index (χ3n) is 2.13. The van der Waals surface area contributed by atoms with E-state index in [4.69, 9.17) is 16.3 Å². The standard InChI is InChI=1S/C12H17ClO2S/c1-3-16-7-6-15-12-5-4-10(9(2)14)8-11(12)13/h4-5,8-9,14H,3,6-7H2,1-2H3. The van der Waals surface area contributed by atoms with Crippen LogP contribution in [0.2, 0.25) is 5.02 Å². The summed E-state index contributed by atoms with van der Waals surface area (Å²) in [4.78, 5) is 0. The Morgan fingerprint density at radius 2 is 2.25 bits per heavy atom. The van der Waals surface area contributed by atoms with Crippen molar-refractivity contribution in [1.29, 1.82) is 0 Å². The lowest BCUT2D eigenvalue weighted by Crippen LogP contribution is -2.01. The molecule has 1 aromatic rings. The Morgan fingerprint density at radius 1 is 1.50 bits per heavy atom. The van der Waals surface area contributed by atoms with Gasteiger partial charge in [-0.3, -0.25) is 0 Å². The van der Waals surface area contributed by atoms with Crippen LogP contribution < -0.4 is 4.74 Å². The van der Waals surface area contributed by atoms with E-state index >= 15 is 0 Å². The van der Waals surface area contributed by atoms with Gasteiger partial charge in [-0.15, -0.1) is 0 Å². The molecule has 0 radical (unpaired) electrons. The molecule has 0 aliphatic carbocycles. The molecule has 1 rings (SSSR count). The summed E-state index contributed by atoms with van der Waals surface area (Å²) in [5.41, 5.74) is 0.806. The largest absolute Gasteiger partial charge is 0.491 e. The second kappa shape index (κ2) is 7.05. The van der Waals surface area contributed by atoms with E-state index in [9.17, 15) is 5.11 Å². The lowest BCUT2D eigenvalue weighted by atomic mass is 10.1. The molecular formula is C12H17ClO2S. The number of ether oxygens (including phenoxy) is 1. The van der Waals surface area contributed by atoms with Crippen LogP contribution >= 0.6 is 23.4 Å². The molecule has 0 aliphatic rings. The van der Waals surface area contributed by atoms with Gasteiger partial charge in [-0.05, 0) is 30.4 Å². The van der Waals surface area contributed by atoms with Crippen molar-refractivity contribution in [2.75, 3.05) is 18.1 Å². The summed E-state index contributed by atoms with van der Waals surface area (Å²) >= 11 is 7.88. The fourth-order valence-electron chi connectivity index (χ4n) is 1.25. The monoisotopic (exact) mass is 260 g/mol. The van der Waals surface area contributed by atoms with Gasteiger partial charge in [0.1, 0.15) is 5.75 Å². The highest BCUT2D eigenvalue weighted by molar-refractivity contribution is 7.99. The van der Waals surface area contributed by atoms with E-state index in [0.717, 1.165) is 17.1 Å². The summed E-state index contributed by atoms with van der Waals surface area (Å²) in [6.07, 6.45) is -0.498. The second-order valence-electron chi connectivity index (χ2n) is 3.41. The van der Waals surface area contributed by atoms with Crippen LogP contribution in [0.5, 0.6) is 5.75 Å². The molecule has 4 heteroatoms. The Morgan fingerprint density at radius 3 is 2.81 bits per heavy atom. The van der Waals surface area contributed by atoms with Gasteiger partial charge in [-0.2, -0.15) is 11.8 Å². The van der Waals surface area contributed by atoms with Crippen molar-refractivity contribution in [3.8, 4) is 5.75 Å². The first kappa shape index (κ1) is 13.7. The molecule has 0 amide bonds. The predicted molar refractivity (Wildman–Crippen MR) is 70.6 cm³/mol. The van der Waals surface area contributed by atoms with Crippen LogP contribution in [0.4, 0.5) is 0 Å². The van der Waals surface area contributed by atoms with E-state index in [-0.39, 0.29) is 0 Å². The molecule has 1 atom stereocenters. The third kappa shape index (κ3) is 4.24. The molecule has 2 nitrogen and oxygen atoms in total. The molecule has 0 saturated carbocycles. The molecule has 0 heterocycles. The van der Waals surface area contributed by atoms with Crippen LogP contribution in [-0.2, 0) is 0 Å². The number of thioether (sulfide) groups is 1. The summed E-state index contributed by atoms with van der Waals surface area (Å²) < 4.78 is 5.54. The molecule has 1 aromatic carbocycles. The summed E-state index contributed by atoms with van der Waals surface area (Å²) in [6, 6.07) is 5.38. The first-order chi connectivity index (χ1) is 7.65. The van der Waals surface area contributed by atoms with Gasteiger partial charge < -0.3 is 9.84 Å². The normalized spacial score (nSPS) is 12.5. The van der Waals surface area contributed by atoms with Crippen LogP contribution in [-0.4, -0.2) is 23.2 Å².